The van der Waals surface area contributed by atoms with E-state index >= 15 is 0 Å². The van der Waals surface area contributed by atoms with Gasteiger partial charge in [-0.05, 0) is 36.8 Å². The molecule has 1 aliphatic rings. The minimum absolute atomic E-state index is 0.200. The molecule has 1 saturated carbocycles. The molecule has 2 unspecified atom stereocenters. The van der Waals surface area contributed by atoms with Crippen molar-refractivity contribution in [2.75, 3.05) is 11.1 Å². The summed E-state index contributed by atoms with van der Waals surface area (Å²) in [5.41, 5.74) is 8.41. The van der Waals surface area contributed by atoms with Crippen LogP contribution in [0.4, 0.5) is 21.6 Å². The van der Waals surface area contributed by atoms with Crippen LogP contribution in [-0.2, 0) is 0 Å². The Morgan fingerprint density at radius 2 is 2.04 bits per heavy atom. The Morgan fingerprint density at radius 3 is 2.75 bits per heavy atom. The number of nitrogen functional groups attached to an aromatic ring is 1. The van der Waals surface area contributed by atoms with Gasteiger partial charge in [-0.3, -0.25) is 0 Å². The highest BCUT2D eigenvalue weighted by atomic mass is 19.1. The van der Waals surface area contributed by atoms with E-state index in [0.717, 1.165) is 16.5 Å². The summed E-state index contributed by atoms with van der Waals surface area (Å²) in [7, 11) is 0. The van der Waals surface area contributed by atoms with Gasteiger partial charge in [-0.15, -0.1) is 0 Å². The monoisotopic (exact) mass is 382 g/mol. The Morgan fingerprint density at radius 1 is 1.25 bits per heavy atom. The molecule has 28 heavy (non-hydrogen) atoms. The minimum Gasteiger partial charge on any atom is -0.487 e. The number of ether oxygens (including phenoxy) is 1. The van der Waals surface area contributed by atoms with Gasteiger partial charge in [0.2, 0.25) is 0 Å². The zero-order valence-electron chi connectivity index (χ0n) is 16.0. The van der Waals surface area contributed by atoms with Gasteiger partial charge in [0, 0.05) is 29.0 Å². The second-order valence-electron chi connectivity index (χ2n) is 7.90. The highest BCUT2D eigenvalue weighted by Crippen LogP contribution is 2.44. The first-order chi connectivity index (χ1) is 13.3. The van der Waals surface area contributed by atoms with Crippen molar-refractivity contribution >= 4 is 28.1 Å². The van der Waals surface area contributed by atoms with E-state index in [1.54, 1.807) is 12.1 Å². The molecule has 0 radical (unpaired) electrons. The van der Waals surface area contributed by atoms with E-state index in [1.165, 1.54) is 18.5 Å². The largest absolute Gasteiger partial charge is 0.487 e. The zero-order valence-corrected chi connectivity index (χ0v) is 16.0. The number of nitrogens with two attached hydrogens (primary N) is 1. The van der Waals surface area contributed by atoms with E-state index < -0.39 is 11.9 Å². The van der Waals surface area contributed by atoms with Gasteiger partial charge in [0.05, 0.1) is 17.3 Å². The molecule has 0 bridgehead atoms. The van der Waals surface area contributed by atoms with Crippen LogP contribution in [0.15, 0.2) is 36.7 Å². The first-order valence-corrected chi connectivity index (χ1v) is 9.18. The molecule has 0 spiro atoms. The van der Waals surface area contributed by atoms with Crippen molar-refractivity contribution in [3.63, 3.8) is 0 Å². The molecule has 146 valence electrons. The van der Waals surface area contributed by atoms with Gasteiger partial charge >= 0.3 is 0 Å². The molecule has 4 rings (SSSR count). The van der Waals surface area contributed by atoms with Gasteiger partial charge in [0.15, 0.2) is 0 Å². The number of anilines is 3. The lowest BCUT2D eigenvalue weighted by Crippen LogP contribution is -2.56. The quantitative estimate of drug-likeness (QED) is 0.592. The van der Waals surface area contributed by atoms with Crippen LogP contribution in [0, 0.1) is 18.2 Å². The summed E-state index contributed by atoms with van der Waals surface area (Å²) in [5, 5.41) is 14.0. The first-order valence-electron chi connectivity index (χ1n) is 9.18. The Bertz CT molecular complexity index is 1050. The van der Waals surface area contributed by atoms with Crippen molar-refractivity contribution in [1.29, 1.82) is 0 Å². The summed E-state index contributed by atoms with van der Waals surface area (Å²) in [4.78, 5) is 8.65. The molecule has 1 aliphatic carbocycles. The summed E-state index contributed by atoms with van der Waals surface area (Å²) in [6, 6.07) is 7.97. The number of hydrogen-bond acceptors (Lipinski definition) is 6. The van der Waals surface area contributed by atoms with Crippen LogP contribution in [0.1, 0.15) is 25.8 Å². The number of aliphatic hydroxyl groups excluding tert-OH is 1. The minimum atomic E-state index is -0.429. The van der Waals surface area contributed by atoms with Crippen LogP contribution in [0.3, 0.4) is 0 Å². The van der Waals surface area contributed by atoms with Crippen molar-refractivity contribution in [3.8, 4) is 5.75 Å². The van der Waals surface area contributed by atoms with E-state index in [0.29, 0.717) is 29.4 Å². The average molecular weight is 382 g/mol. The van der Waals surface area contributed by atoms with E-state index in [1.807, 2.05) is 26.8 Å². The molecule has 4 N–H and O–H groups in total. The normalized spacial score (nSPS) is 20.6. The van der Waals surface area contributed by atoms with Crippen molar-refractivity contribution < 1.29 is 14.2 Å². The standard InChI is InChI=1S/C21H23FN4O2/c1-11-6-13(23)8-15-19(11)20(25-10-24-15)26-14-5-4-12(22)7-16(14)28-18-9-17(27)21(18,2)3/h4-8,10,17-18,27H,9,23H2,1-3H3,(H,24,25,26). The molecule has 1 fully saturated rings. The smallest absolute Gasteiger partial charge is 0.146 e. The van der Waals surface area contributed by atoms with E-state index in [2.05, 4.69) is 15.3 Å². The summed E-state index contributed by atoms with van der Waals surface area (Å²) in [5.74, 6) is 0.575. The molecular formula is C21H23FN4O2. The summed E-state index contributed by atoms with van der Waals surface area (Å²) >= 11 is 0. The maximum atomic E-state index is 13.9. The van der Waals surface area contributed by atoms with E-state index in [9.17, 15) is 9.50 Å². The zero-order chi connectivity index (χ0) is 20.1. The number of aromatic nitrogens is 2. The fourth-order valence-corrected chi connectivity index (χ4v) is 3.56. The molecule has 1 aromatic heterocycles. The van der Waals surface area contributed by atoms with Crippen LogP contribution in [0.5, 0.6) is 5.75 Å². The third-order valence-corrected chi connectivity index (χ3v) is 5.55. The maximum Gasteiger partial charge on any atom is 0.146 e. The molecule has 2 aromatic carbocycles. The Kier molecular flexibility index (Phi) is 4.34. The fourth-order valence-electron chi connectivity index (χ4n) is 3.56. The van der Waals surface area contributed by atoms with Crippen LogP contribution in [-0.4, -0.2) is 27.3 Å². The van der Waals surface area contributed by atoms with E-state index in [4.69, 9.17) is 10.5 Å². The number of nitrogens with zero attached hydrogens (tertiary/aromatic N) is 2. The second kappa shape index (κ2) is 6.60. The lowest BCUT2D eigenvalue weighted by atomic mass is 9.66. The third-order valence-electron chi connectivity index (χ3n) is 5.55. The Labute approximate surface area is 162 Å². The number of fused-ring (bicyclic) bond motifs is 1. The second-order valence-corrected chi connectivity index (χ2v) is 7.90. The number of hydrogen-bond donors (Lipinski definition) is 3. The number of nitrogens with one attached hydrogen (secondary N) is 1. The van der Waals surface area contributed by atoms with Gasteiger partial charge in [0.25, 0.3) is 0 Å². The topological polar surface area (TPSA) is 93.3 Å². The van der Waals surface area contributed by atoms with Gasteiger partial charge in [0.1, 0.15) is 29.8 Å². The molecule has 3 aromatic rings. The number of rotatable bonds is 4. The molecule has 2 atom stereocenters. The summed E-state index contributed by atoms with van der Waals surface area (Å²) < 4.78 is 19.9. The van der Waals surface area contributed by atoms with Gasteiger partial charge < -0.3 is 20.9 Å². The average Bonchev–Trinajstić information content (AvgIpc) is 2.63. The van der Waals surface area contributed by atoms with Crippen LogP contribution < -0.4 is 15.8 Å². The maximum absolute atomic E-state index is 13.9. The predicted molar refractivity (Wildman–Crippen MR) is 107 cm³/mol. The van der Waals surface area contributed by atoms with Gasteiger partial charge in [-0.25, -0.2) is 14.4 Å². The Balaban J connectivity index is 1.71. The molecule has 0 saturated heterocycles. The molecule has 0 aliphatic heterocycles. The van der Waals surface area contributed by atoms with Crippen LogP contribution >= 0.6 is 0 Å². The number of aryl methyl sites for hydroxylation is 1. The SMILES string of the molecule is Cc1cc(N)cc2ncnc(Nc3ccc(F)cc3OC3CC(O)C3(C)C)c12. The lowest BCUT2D eigenvalue weighted by molar-refractivity contribution is -0.134. The molecule has 6 nitrogen and oxygen atoms in total. The van der Waals surface area contributed by atoms with Gasteiger partial charge in [-0.2, -0.15) is 0 Å². The predicted octanol–water partition coefficient (Wildman–Crippen LogP) is 3.94. The van der Waals surface area contributed by atoms with Crippen molar-refractivity contribution in [2.24, 2.45) is 5.41 Å². The lowest BCUT2D eigenvalue weighted by Gasteiger charge is -2.48. The van der Waals surface area contributed by atoms with Crippen molar-refractivity contribution in [1.82, 2.24) is 9.97 Å². The molecule has 0 amide bonds. The highest BCUT2D eigenvalue weighted by molar-refractivity contribution is 5.95. The van der Waals surface area contributed by atoms with Crippen molar-refractivity contribution in [2.45, 2.75) is 39.4 Å². The van der Waals surface area contributed by atoms with Crippen LogP contribution in [0.2, 0.25) is 0 Å². The van der Waals surface area contributed by atoms with E-state index in [-0.39, 0.29) is 11.5 Å². The van der Waals surface area contributed by atoms with Crippen molar-refractivity contribution in [3.05, 3.63) is 48.0 Å². The molecule has 1 heterocycles. The summed E-state index contributed by atoms with van der Waals surface area (Å²) in [6.45, 7) is 5.81. The fraction of sp³-hybridized carbons (Fsp3) is 0.333. The first kappa shape index (κ1) is 18.4. The Hall–Kier alpha value is -2.93. The number of halogens is 1. The third kappa shape index (κ3) is 3.11. The van der Waals surface area contributed by atoms with Crippen LogP contribution in [0.25, 0.3) is 10.9 Å². The van der Waals surface area contributed by atoms with Gasteiger partial charge in [-0.1, -0.05) is 13.8 Å². The molecular weight excluding hydrogens is 359 g/mol. The number of benzene rings is 2. The summed E-state index contributed by atoms with van der Waals surface area (Å²) in [6.07, 6.45) is 1.34. The molecule has 7 heteroatoms. The highest BCUT2D eigenvalue weighted by Gasteiger charge is 2.49. The number of aliphatic hydroxyl groups is 1.